The number of halogens is 1. The van der Waals surface area contributed by atoms with Crippen molar-refractivity contribution >= 4 is 50.9 Å². The summed E-state index contributed by atoms with van der Waals surface area (Å²) in [5.41, 5.74) is 0.562. The maximum absolute atomic E-state index is 12.3. The zero-order valence-electron chi connectivity index (χ0n) is 13.1. The Labute approximate surface area is 151 Å². The number of ether oxygens (including phenoxy) is 3. The van der Waals surface area contributed by atoms with Crippen molar-refractivity contribution in [2.75, 3.05) is 27.9 Å². The molecule has 1 aromatic carbocycles. The molecule has 2 amide bonds. The monoisotopic (exact) mass is 415 g/mol. The molecule has 0 bridgehead atoms. The molecule has 7 nitrogen and oxygen atoms in total. The SMILES string of the molecule is COC(=O)CN1C(=O)SC(=Cc2cc(Br)cc(OC)c2OC)C1=O. The summed E-state index contributed by atoms with van der Waals surface area (Å²) in [4.78, 5) is 36.6. The minimum Gasteiger partial charge on any atom is -0.493 e. The summed E-state index contributed by atoms with van der Waals surface area (Å²) in [6.45, 7) is -0.419. The Hall–Kier alpha value is -2.00. The van der Waals surface area contributed by atoms with E-state index in [1.807, 2.05) is 0 Å². The summed E-state index contributed by atoms with van der Waals surface area (Å²) in [7, 11) is 4.17. The van der Waals surface area contributed by atoms with E-state index in [-0.39, 0.29) is 4.91 Å². The number of carbonyl (C=O) groups excluding carboxylic acids is 3. The quantitative estimate of drug-likeness (QED) is 0.539. The van der Waals surface area contributed by atoms with Gasteiger partial charge < -0.3 is 14.2 Å². The Morgan fingerprint density at radius 2 is 1.96 bits per heavy atom. The lowest BCUT2D eigenvalue weighted by molar-refractivity contribution is -0.143. The number of esters is 1. The molecule has 0 aromatic heterocycles. The number of hydrogen-bond acceptors (Lipinski definition) is 7. The molecule has 2 rings (SSSR count). The molecule has 9 heteroatoms. The average Bonchev–Trinajstić information content (AvgIpc) is 2.81. The number of imide groups is 1. The highest BCUT2D eigenvalue weighted by molar-refractivity contribution is 9.10. The van der Waals surface area contributed by atoms with Crippen molar-refractivity contribution in [3.8, 4) is 11.5 Å². The average molecular weight is 416 g/mol. The standard InChI is InChI=1S/C15H14BrNO6S/c1-21-10-6-9(16)4-8(13(10)23-3)5-11-14(19)17(15(20)24-11)7-12(18)22-2/h4-6H,7H2,1-3H3. The Kier molecular flexibility index (Phi) is 5.89. The van der Waals surface area contributed by atoms with E-state index in [0.29, 0.717) is 17.1 Å². The first-order valence-corrected chi connectivity index (χ1v) is 8.26. The van der Waals surface area contributed by atoms with Gasteiger partial charge in [-0.25, -0.2) is 0 Å². The van der Waals surface area contributed by atoms with Gasteiger partial charge in [-0.15, -0.1) is 0 Å². The summed E-state index contributed by atoms with van der Waals surface area (Å²) in [5, 5.41) is -0.530. The Bertz CT molecular complexity index is 733. The molecule has 1 fully saturated rings. The number of benzene rings is 1. The molecule has 0 aliphatic carbocycles. The zero-order valence-corrected chi connectivity index (χ0v) is 15.5. The Morgan fingerprint density at radius 3 is 2.54 bits per heavy atom. The summed E-state index contributed by atoms with van der Waals surface area (Å²) in [6.07, 6.45) is 1.52. The third-order valence-corrected chi connectivity index (χ3v) is 4.51. The van der Waals surface area contributed by atoms with Crippen molar-refractivity contribution in [3.05, 3.63) is 27.1 Å². The van der Waals surface area contributed by atoms with Crippen molar-refractivity contribution in [1.29, 1.82) is 0 Å². The number of carbonyl (C=O) groups is 3. The molecule has 128 valence electrons. The predicted molar refractivity (Wildman–Crippen MR) is 91.9 cm³/mol. The van der Waals surface area contributed by atoms with Gasteiger partial charge in [0, 0.05) is 10.0 Å². The van der Waals surface area contributed by atoms with Crippen LogP contribution in [0.15, 0.2) is 21.5 Å². The van der Waals surface area contributed by atoms with E-state index in [1.54, 1.807) is 12.1 Å². The van der Waals surface area contributed by atoms with E-state index in [2.05, 4.69) is 20.7 Å². The molecule has 1 saturated heterocycles. The first-order chi connectivity index (χ1) is 11.4. The molecule has 0 unspecified atom stereocenters. The number of nitrogens with zero attached hydrogens (tertiary/aromatic N) is 1. The highest BCUT2D eigenvalue weighted by Crippen LogP contribution is 2.39. The van der Waals surface area contributed by atoms with Crippen LogP contribution < -0.4 is 9.47 Å². The molecule has 0 radical (unpaired) electrons. The smallest absolute Gasteiger partial charge is 0.325 e. The van der Waals surface area contributed by atoms with Crippen molar-refractivity contribution in [1.82, 2.24) is 4.90 Å². The molecule has 1 heterocycles. The van der Waals surface area contributed by atoms with Gasteiger partial charge in [-0.05, 0) is 30.0 Å². The van der Waals surface area contributed by atoms with Crippen LogP contribution in [0.25, 0.3) is 6.08 Å². The van der Waals surface area contributed by atoms with Crippen LogP contribution in [0.1, 0.15) is 5.56 Å². The number of hydrogen-bond donors (Lipinski definition) is 0. The summed E-state index contributed by atoms with van der Waals surface area (Å²) >= 11 is 4.10. The second kappa shape index (κ2) is 7.71. The minimum atomic E-state index is -0.666. The molecule has 0 N–H and O–H groups in total. The molecular weight excluding hydrogens is 402 g/mol. The van der Waals surface area contributed by atoms with Gasteiger partial charge in [0.05, 0.1) is 26.2 Å². The molecule has 0 spiro atoms. The van der Waals surface area contributed by atoms with Gasteiger partial charge in [-0.3, -0.25) is 19.3 Å². The molecule has 1 aromatic rings. The van der Waals surface area contributed by atoms with E-state index in [0.717, 1.165) is 21.1 Å². The zero-order chi connectivity index (χ0) is 17.9. The van der Waals surface area contributed by atoms with E-state index >= 15 is 0 Å². The lowest BCUT2D eigenvalue weighted by atomic mass is 10.1. The van der Waals surface area contributed by atoms with Gasteiger partial charge in [0.15, 0.2) is 11.5 Å². The highest BCUT2D eigenvalue weighted by atomic mass is 79.9. The summed E-state index contributed by atoms with van der Waals surface area (Å²) < 4.78 is 15.8. The van der Waals surface area contributed by atoms with Crippen LogP contribution in [-0.4, -0.2) is 49.9 Å². The third kappa shape index (κ3) is 3.73. The molecule has 1 aliphatic heterocycles. The lowest BCUT2D eigenvalue weighted by Crippen LogP contribution is -2.34. The van der Waals surface area contributed by atoms with Crippen molar-refractivity contribution < 1.29 is 28.6 Å². The molecule has 24 heavy (non-hydrogen) atoms. The highest BCUT2D eigenvalue weighted by Gasteiger charge is 2.36. The van der Waals surface area contributed by atoms with Crippen LogP contribution in [0.3, 0.4) is 0 Å². The third-order valence-electron chi connectivity index (χ3n) is 3.15. The van der Waals surface area contributed by atoms with Crippen LogP contribution in [0, 0.1) is 0 Å². The Balaban J connectivity index is 2.39. The lowest BCUT2D eigenvalue weighted by Gasteiger charge is -2.12. The van der Waals surface area contributed by atoms with Gasteiger partial charge in [-0.2, -0.15) is 0 Å². The van der Waals surface area contributed by atoms with Crippen LogP contribution in [0.2, 0.25) is 0 Å². The van der Waals surface area contributed by atoms with Crippen LogP contribution in [0.4, 0.5) is 4.79 Å². The summed E-state index contributed by atoms with van der Waals surface area (Å²) in [6, 6.07) is 3.45. The summed E-state index contributed by atoms with van der Waals surface area (Å²) in [5.74, 6) is -0.316. The second-order valence-corrected chi connectivity index (χ2v) is 6.48. The molecule has 0 atom stereocenters. The topological polar surface area (TPSA) is 82.1 Å². The number of rotatable bonds is 5. The van der Waals surface area contributed by atoms with Gasteiger partial charge in [-0.1, -0.05) is 15.9 Å². The fourth-order valence-corrected chi connectivity index (χ4v) is 3.32. The number of amides is 2. The second-order valence-electron chi connectivity index (χ2n) is 4.57. The maximum Gasteiger partial charge on any atom is 0.325 e. The largest absolute Gasteiger partial charge is 0.493 e. The minimum absolute atomic E-state index is 0.183. The van der Waals surface area contributed by atoms with Crippen molar-refractivity contribution in [2.45, 2.75) is 0 Å². The molecule has 1 aliphatic rings. The van der Waals surface area contributed by atoms with Crippen LogP contribution >= 0.6 is 27.7 Å². The van der Waals surface area contributed by atoms with E-state index in [9.17, 15) is 14.4 Å². The maximum atomic E-state index is 12.3. The van der Waals surface area contributed by atoms with Crippen LogP contribution in [-0.2, 0) is 14.3 Å². The fraction of sp³-hybridized carbons (Fsp3) is 0.267. The number of methoxy groups -OCH3 is 3. The first-order valence-electron chi connectivity index (χ1n) is 6.65. The van der Waals surface area contributed by atoms with Gasteiger partial charge in [0.1, 0.15) is 6.54 Å². The van der Waals surface area contributed by atoms with E-state index < -0.39 is 23.7 Å². The van der Waals surface area contributed by atoms with E-state index in [4.69, 9.17) is 9.47 Å². The molecule has 0 saturated carbocycles. The van der Waals surface area contributed by atoms with Gasteiger partial charge in [0.2, 0.25) is 0 Å². The molecular formula is C15H14BrNO6S. The predicted octanol–water partition coefficient (Wildman–Crippen LogP) is 2.68. The number of thioether (sulfide) groups is 1. The van der Waals surface area contributed by atoms with Crippen molar-refractivity contribution in [3.63, 3.8) is 0 Å². The fourth-order valence-electron chi connectivity index (χ4n) is 2.04. The van der Waals surface area contributed by atoms with Crippen molar-refractivity contribution in [2.24, 2.45) is 0 Å². The van der Waals surface area contributed by atoms with Gasteiger partial charge in [0.25, 0.3) is 11.1 Å². The van der Waals surface area contributed by atoms with E-state index in [1.165, 1.54) is 27.4 Å². The first kappa shape index (κ1) is 18.3. The van der Waals surface area contributed by atoms with Crippen LogP contribution in [0.5, 0.6) is 11.5 Å². The van der Waals surface area contributed by atoms with Gasteiger partial charge >= 0.3 is 5.97 Å². The normalized spacial score (nSPS) is 15.8. The Morgan fingerprint density at radius 1 is 1.25 bits per heavy atom.